The van der Waals surface area contributed by atoms with Crippen molar-refractivity contribution in [2.45, 2.75) is 32.1 Å². The molecule has 0 aromatic heterocycles. The van der Waals surface area contributed by atoms with E-state index in [1.54, 1.807) is 0 Å². The van der Waals surface area contributed by atoms with Crippen LogP contribution in [0.2, 0.25) is 0 Å². The molecule has 0 spiro atoms. The molecule has 0 bridgehead atoms. The third kappa shape index (κ3) is 5.50. The number of hydrogen-bond donors (Lipinski definition) is 0. The molecular formula is C13H25NO5S2. The van der Waals surface area contributed by atoms with E-state index in [0.717, 1.165) is 0 Å². The smallest absolute Gasteiger partial charge is 0.216 e. The zero-order valence-electron chi connectivity index (χ0n) is 12.4. The maximum Gasteiger partial charge on any atom is 0.216 e. The zero-order valence-corrected chi connectivity index (χ0v) is 14.0. The van der Waals surface area contributed by atoms with E-state index in [4.69, 9.17) is 4.74 Å². The fourth-order valence-electron chi connectivity index (χ4n) is 2.91. The maximum absolute atomic E-state index is 12.2. The van der Waals surface area contributed by atoms with Crippen molar-refractivity contribution in [2.24, 2.45) is 5.92 Å². The number of nitrogens with zero attached hydrogens (tertiary/aromatic N) is 1. The quantitative estimate of drug-likeness (QED) is 0.664. The van der Waals surface area contributed by atoms with E-state index >= 15 is 0 Å². The van der Waals surface area contributed by atoms with Crippen molar-refractivity contribution < 1.29 is 21.6 Å². The molecule has 1 saturated carbocycles. The molecule has 21 heavy (non-hydrogen) atoms. The summed E-state index contributed by atoms with van der Waals surface area (Å²) in [4.78, 5) is 0. The molecule has 0 aromatic carbocycles. The summed E-state index contributed by atoms with van der Waals surface area (Å²) in [6, 6.07) is 0. The van der Waals surface area contributed by atoms with E-state index < -0.39 is 19.9 Å². The van der Waals surface area contributed by atoms with Crippen LogP contribution >= 0.6 is 0 Å². The van der Waals surface area contributed by atoms with Crippen LogP contribution in [0.25, 0.3) is 0 Å². The van der Waals surface area contributed by atoms with Crippen LogP contribution < -0.4 is 0 Å². The molecule has 1 saturated heterocycles. The normalized spacial score (nSPS) is 25.0. The lowest BCUT2D eigenvalue weighted by Crippen LogP contribution is -2.36. The van der Waals surface area contributed by atoms with Gasteiger partial charge in [-0.3, -0.25) is 0 Å². The molecule has 2 rings (SSSR count). The van der Waals surface area contributed by atoms with E-state index in [1.165, 1.54) is 30.0 Å². The van der Waals surface area contributed by atoms with E-state index in [1.807, 2.05) is 0 Å². The topological polar surface area (TPSA) is 80.8 Å². The van der Waals surface area contributed by atoms with Gasteiger partial charge >= 0.3 is 0 Å². The minimum atomic E-state index is -3.41. The second kappa shape index (κ2) is 7.39. The first-order valence-electron chi connectivity index (χ1n) is 7.65. The number of sulfone groups is 1. The van der Waals surface area contributed by atoms with Crippen LogP contribution in [0.5, 0.6) is 0 Å². The van der Waals surface area contributed by atoms with Gasteiger partial charge in [-0.25, -0.2) is 21.1 Å². The molecule has 8 heteroatoms. The number of hydrogen-bond acceptors (Lipinski definition) is 5. The van der Waals surface area contributed by atoms with Gasteiger partial charge in [-0.05, 0) is 25.2 Å². The molecule has 0 unspecified atom stereocenters. The summed E-state index contributed by atoms with van der Waals surface area (Å²) in [7, 11) is -6.49. The molecule has 2 aliphatic rings. The molecule has 0 aromatic rings. The summed E-state index contributed by atoms with van der Waals surface area (Å²) < 4.78 is 54.2. The highest BCUT2D eigenvalue weighted by Crippen LogP contribution is 2.24. The number of sulfonamides is 1. The Morgan fingerprint density at radius 3 is 2.48 bits per heavy atom. The molecule has 1 aliphatic heterocycles. The van der Waals surface area contributed by atoms with Gasteiger partial charge in [-0.2, -0.15) is 0 Å². The van der Waals surface area contributed by atoms with Crippen molar-refractivity contribution in [1.82, 2.24) is 4.31 Å². The number of rotatable bonds is 6. The molecule has 0 radical (unpaired) electrons. The van der Waals surface area contributed by atoms with Crippen molar-refractivity contribution in [3.05, 3.63) is 0 Å². The average molecular weight is 339 g/mol. The highest BCUT2D eigenvalue weighted by atomic mass is 32.2. The first-order chi connectivity index (χ1) is 9.89. The summed E-state index contributed by atoms with van der Waals surface area (Å²) in [5, 5.41) is 0. The second-order valence-electron chi connectivity index (χ2n) is 5.95. The van der Waals surface area contributed by atoms with E-state index in [-0.39, 0.29) is 30.4 Å². The minimum Gasteiger partial charge on any atom is -0.380 e. The molecule has 1 heterocycles. The molecule has 0 N–H and O–H groups in total. The summed E-state index contributed by atoms with van der Waals surface area (Å²) in [6.45, 7) is 1.21. The van der Waals surface area contributed by atoms with Gasteiger partial charge in [0.05, 0.1) is 23.9 Å². The lowest BCUT2D eigenvalue weighted by atomic mass is 10.1. The van der Waals surface area contributed by atoms with Crippen LogP contribution in [0.15, 0.2) is 0 Å². The third-order valence-corrected chi connectivity index (χ3v) is 7.77. The average Bonchev–Trinajstić information content (AvgIpc) is 2.84. The molecule has 2 fully saturated rings. The molecule has 0 amide bonds. The van der Waals surface area contributed by atoms with Crippen molar-refractivity contribution in [1.29, 1.82) is 0 Å². The Morgan fingerprint density at radius 2 is 1.76 bits per heavy atom. The Hall–Kier alpha value is -0.180. The fourth-order valence-corrected chi connectivity index (χ4v) is 5.66. The Labute approximate surface area is 127 Å². The molecule has 0 atom stereocenters. The predicted molar refractivity (Wildman–Crippen MR) is 81.4 cm³/mol. The number of ether oxygens (including phenoxy) is 1. The van der Waals surface area contributed by atoms with Gasteiger partial charge < -0.3 is 4.74 Å². The van der Waals surface area contributed by atoms with Gasteiger partial charge in [-0.1, -0.05) is 12.8 Å². The van der Waals surface area contributed by atoms with Crippen molar-refractivity contribution in [3.63, 3.8) is 0 Å². The summed E-state index contributed by atoms with van der Waals surface area (Å²) in [6.07, 6.45) is 5.22. The zero-order chi connectivity index (χ0) is 15.3. The van der Waals surface area contributed by atoms with Gasteiger partial charge in [0.2, 0.25) is 10.0 Å². The highest BCUT2D eigenvalue weighted by Gasteiger charge is 2.27. The second-order valence-corrected chi connectivity index (χ2v) is 10.3. The van der Waals surface area contributed by atoms with Crippen molar-refractivity contribution in [2.75, 3.05) is 43.6 Å². The van der Waals surface area contributed by atoms with Crippen LogP contribution in [-0.4, -0.2) is 64.7 Å². The largest absolute Gasteiger partial charge is 0.380 e. The minimum absolute atomic E-state index is 0.0558. The summed E-state index contributed by atoms with van der Waals surface area (Å²) >= 11 is 0. The Morgan fingerprint density at radius 1 is 1.05 bits per heavy atom. The van der Waals surface area contributed by atoms with Crippen LogP contribution in [0.4, 0.5) is 0 Å². The molecule has 124 valence electrons. The van der Waals surface area contributed by atoms with Gasteiger partial charge in [0, 0.05) is 19.7 Å². The van der Waals surface area contributed by atoms with Crippen LogP contribution in [-0.2, 0) is 24.6 Å². The highest BCUT2D eigenvalue weighted by molar-refractivity contribution is 7.91. The summed E-state index contributed by atoms with van der Waals surface area (Å²) in [5.74, 6) is 0.530. The fraction of sp³-hybridized carbons (Fsp3) is 1.00. The van der Waals surface area contributed by atoms with Gasteiger partial charge in [0.1, 0.15) is 0 Å². The molecule has 6 nitrogen and oxygen atoms in total. The molecule has 1 aliphatic carbocycles. The first-order valence-corrected chi connectivity index (χ1v) is 11.1. The van der Waals surface area contributed by atoms with E-state index in [0.29, 0.717) is 25.5 Å². The van der Waals surface area contributed by atoms with Crippen molar-refractivity contribution in [3.8, 4) is 0 Å². The lowest BCUT2D eigenvalue weighted by molar-refractivity contribution is 0.113. The van der Waals surface area contributed by atoms with E-state index in [9.17, 15) is 16.8 Å². The third-order valence-electron chi connectivity index (χ3n) is 4.22. The SMILES string of the molecule is O=S1(=O)CCCN(S(=O)(=O)CCOCC2CCCC2)CC1. The van der Waals surface area contributed by atoms with Gasteiger partial charge in [0.15, 0.2) is 9.84 Å². The Balaban J connectivity index is 1.75. The van der Waals surface area contributed by atoms with Gasteiger partial charge in [0.25, 0.3) is 0 Å². The monoisotopic (exact) mass is 339 g/mol. The Bertz CT molecular complexity index is 523. The Kier molecular flexibility index (Phi) is 6.05. The molecular weight excluding hydrogens is 314 g/mol. The van der Waals surface area contributed by atoms with E-state index in [2.05, 4.69) is 0 Å². The standard InChI is InChI=1S/C13H25NO5S2/c15-20(16)9-3-6-14(7-10-20)21(17,18)11-8-19-12-13-4-1-2-5-13/h13H,1-12H2. The van der Waals surface area contributed by atoms with Crippen LogP contribution in [0, 0.1) is 5.92 Å². The lowest BCUT2D eigenvalue weighted by Gasteiger charge is -2.19. The van der Waals surface area contributed by atoms with Crippen molar-refractivity contribution >= 4 is 19.9 Å². The summed E-state index contributed by atoms with van der Waals surface area (Å²) in [5.41, 5.74) is 0. The van der Waals surface area contributed by atoms with Crippen LogP contribution in [0.3, 0.4) is 0 Å². The maximum atomic E-state index is 12.2. The van der Waals surface area contributed by atoms with Gasteiger partial charge in [-0.15, -0.1) is 0 Å². The van der Waals surface area contributed by atoms with Crippen LogP contribution in [0.1, 0.15) is 32.1 Å². The predicted octanol–water partition coefficient (Wildman–Crippen LogP) is 0.643. The first kappa shape index (κ1) is 17.2.